The smallest absolute Gasteiger partial charge is 0.223 e. The Bertz CT molecular complexity index is 546. The van der Waals surface area contributed by atoms with Gasteiger partial charge in [0.05, 0.1) is 0 Å². The maximum atomic E-state index is 12.1. The number of aryl methyl sites for hydroxylation is 2. The first-order valence-corrected chi connectivity index (χ1v) is 9.26. The fourth-order valence-electron chi connectivity index (χ4n) is 3.34. The van der Waals surface area contributed by atoms with E-state index in [1.54, 1.807) is 0 Å². The van der Waals surface area contributed by atoms with Gasteiger partial charge in [-0.3, -0.25) is 4.79 Å². The van der Waals surface area contributed by atoms with Gasteiger partial charge in [-0.25, -0.2) is 0 Å². The molecule has 1 fully saturated rings. The van der Waals surface area contributed by atoms with Gasteiger partial charge in [0.15, 0.2) is 0 Å². The Kier molecular flexibility index (Phi) is 7.26. The van der Waals surface area contributed by atoms with Crippen molar-refractivity contribution < 1.29 is 14.6 Å². The summed E-state index contributed by atoms with van der Waals surface area (Å²) in [5.41, 5.74) is 2.17. The van der Waals surface area contributed by atoms with E-state index in [9.17, 15) is 9.90 Å². The summed E-state index contributed by atoms with van der Waals surface area (Å²) in [7, 11) is 0. The summed E-state index contributed by atoms with van der Waals surface area (Å²) in [6.45, 7) is 10.6. The molecule has 1 atom stereocenters. The van der Waals surface area contributed by atoms with Gasteiger partial charge in [-0.1, -0.05) is 18.2 Å². The van der Waals surface area contributed by atoms with Crippen molar-refractivity contribution in [2.24, 2.45) is 5.92 Å². The number of carbonyl (C=O) groups excluding carboxylic acids is 1. The summed E-state index contributed by atoms with van der Waals surface area (Å²) in [6.07, 6.45) is 1.17. The summed E-state index contributed by atoms with van der Waals surface area (Å²) >= 11 is 0. The summed E-state index contributed by atoms with van der Waals surface area (Å²) in [6, 6.07) is 6.23. The first-order chi connectivity index (χ1) is 11.9. The van der Waals surface area contributed by atoms with E-state index in [4.69, 9.17) is 4.74 Å². The van der Waals surface area contributed by atoms with E-state index in [1.165, 1.54) is 0 Å². The fraction of sp³-hybridized carbons (Fsp3) is 0.650. The van der Waals surface area contributed by atoms with E-state index >= 15 is 0 Å². The average molecular weight is 348 g/mol. The second kappa shape index (κ2) is 9.20. The maximum absolute atomic E-state index is 12.1. The molecule has 0 spiro atoms. The Morgan fingerprint density at radius 2 is 1.88 bits per heavy atom. The number of hydrogen-bond acceptors (Lipinski definition) is 4. The number of para-hydroxylation sites is 1. The van der Waals surface area contributed by atoms with Gasteiger partial charge in [-0.05, 0) is 64.8 Å². The Morgan fingerprint density at radius 1 is 1.28 bits per heavy atom. The van der Waals surface area contributed by atoms with Crippen LogP contribution in [0.2, 0.25) is 0 Å². The average Bonchev–Trinajstić information content (AvgIpc) is 2.54. The van der Waals surface area contributed by atoms with Crippen LogP contribution in [0.3, 0.4) is 0 Å². The summed E-state index contributed by atoms with van der Waals surface area (Å²) in [4.78, 5) is 14.3. The van der Waals surface area contributed by atoms with Crippen LogP contribution >= 0.6 is 0 Å². The highest BCUT2D eigenvalue weighted by Gasteiger charge is 2.26. The lowest BCUT2D eigenvalue weighted by molar-refractivity contribution is -0.127. The number of aliphatic hydroxyl groups excluding tert-OH is 1. The van der Waals surface area contributed by atoms with E-state index in [2.05, 4.69) is 10.2 Å². The lowest BCUT2D eigenvalue weighted by atomic mass is 9.95. The molecule has 0 radical (unpaired) electrons. The molecule has 1 amide bonds. The third-order valence-electron chi connectivity index (χ3n) is 4.69. The van der Waals surface area contributed by atoms with Crippen molar-refractivity contribution in [1.29, 1.82) is 0 Å². The zero-order valence-electron chi connectivity index (χ0n) is 15.9. The molecule has 1 aliphatic heterocycles. The van der Waals surface area contributed by atoms with Crippen molar-refractivity contribution in [3.63, 3.8) is 0 Å². The highest BCUT2D eigenvalue weighted by molar-refractivity contribution is 5.78. The molecule has 0 bridgehead atoms. The Labute approximate surface area is 151 Å². The second-order valence-electron chi connectivity index (χ2n) is 7.42. The number of piperidine rings is 1. The Hall–Kier alpha value is -1.59. The lowest BCUT2D eigenvalue weighted by Gasteiger charge is -2.32. The van der Waals surface area contributed by atoms with Crippen LogP contribution < -0.4 is 10.1 Å². The number of carbonyl (C=O) groups is 1. The summed E-state index contributed by atoms with van der Waals surface area (Å²) < 4.78 is 5.83. The van der Waals surface area contributed by atoms with E-state index in [-0.39, 0.29) is 17.9 Å². The normalized spacial score (nSPS) is 17.5. The number of rotatable bonds is 7. The number of ether oxygens (including phenoxy) is 1. The minimum absolute atomic E-state index is 0.0988. The number of nitrogens with zero attached hydrogens (tertiary/aromatic N) is 1. The molecule has 1 saturated heterocycles. The summed E-state index contributed by atoms with van der Waals surface area (Å²) in [5.74, 6) is 1.13. The molecular weight excluding hydrogens is 316 g/mol. The molecule has 5 heteroatoms. The minimum atomic E-state index is -0.528. The molecule has 2 N–H and O–H groups in total. The van der Waals surface area contributed by atoms with Gasteiger partial charge in [0.2, 0.25) is 5.91 Å². The van der Waals surface area contributed by atoms with Gasteiger partial charge in [0.25, 0.3) is 0 Å². The molecule has 0 aromatic heterocycles. The number of amides is 1. The van der Waals surface area contributed by atoms with Gasteiger partial charge in [-0.15, -0.1) is 0 Å². The van der Waals surface area contributed by atoms with E-state index in [0.29, 0.717) is 13.2 Å². The fourth-order valence-corrected chi connectivity index (χ4v) is 3.34. The van der Waals surface area contributed by atoms with E-state index in [0.717, 1.165) is 42.8 Å². The quantitative estimate of drug-likeness (QED) is 0.794. The lowest BCUT2D eigenvalue weighted by Crippen LogP contribution is -2.45. The van der Waals surface area contributed by atoms with Crippen LogP contribution in [0.25, 0.3) is 0 Å². The van der Waals surface area contributed by atoms with Crippen LogP contribution in [0.5, 0.6) is 5.75 Å². The van der Waals surface area contributed by atoms with Crippen molar-refractivity contribution in [1.82, 2.24) is 10.2 Å². The van der Waals surface area contributed by atoms with Gasteiger partial charge in [0, 0.05) is 18.5 Å². The highest BCUT2D eigenvalue weighted by Crippen LogP contribution is 2.23. The third-order valence-corrected chi connectivity index (χ3v) is 4.69. The van der Waals surface area contributed by atoms with Crippen molar-refractivity contribution in [3.05, 3.63) is 29.3 Å². The van der Waals surface area contributed by atoms with Gasteiger partial charge >= 0.3 is 0 Å². The topological polar surface area (TPSA) is 61.8 Å². The summed E-state index contributed by atoms with van der Waals surface area (Å²) in [5, 5.41) is 13.3. The number of aliphatic hydroxyl groups is 1. The maximum Gasteiger partial charge on any atom is 0.223 e. The van der Waals surface area contributed by atoms with Gasteiger partial charge < -0.3 is 20.1 Å². The molecule has 25 heavy (non-hydrogen) atoms. The predicted octanol–water partition coefficient (Wildman–Crippen LogP) is 2.28. The molecule has 0 saturated carbocycles. The first-order valence-electron chi connectivity index (χ1n) is 9.26. The van der Waals surface area contributed by atoms with Crippen molar-refractivity contribution in [2.45, 2.75) is 52.7 Å². The van der Waals surface area contributed by atoms with E-state index < -0.39 is 6.10 Å². The standard InChI is InChI=1S/C20H32N2O3/c1-14(2)21-20(24)17-8-10-22(11-9-17)12-18(23)13-25-19-15(3)6-5-7-16(19)4/h5-7,14,17-18,23H,8-13H2,1-4H3,(H,21,24). The second-order valence-corrected chi connectivity index (χ2v) is 7.42. The zero-order valence-corrected chi connectivity index (χ0v) is 15.9. The van der Waals surface area contributed by atoms with Crippen LogP contribution in [-0.2, 0) is 4.79 Å². The molecular formula is C20H32N2O3. The molecule has 140 valence electrons. The zero-order chi connectivity index (χ0) is 18.4. The third kappa shape index (κ3) is 6.01. The predicted molar refractivity (Wildman–Crippen MR) is 99.9 cm³/mol. The number of hydrogen-bond donors (Lipinski definition) is 2. The molecule has 1 heterocycles. The van der Waals surface area contributed by atoms with Crippen LogP contribution in [0.4, 0.5) is 0 Å². The number of nitrogens with one attached hydrogen (secondary N) is 1. The molecule has 5 nitrogen and oxygen atoms in total. The molecule has 2 rings (SSSR count). The number of benzene rings is 1. The molecule has 0 aliphatic carbocycles. The number of likely N-dealkylation sites (tertiary alicyclic amines) is 1. The Balaban J connectivity index is 1.73. The highest BCUT2D eigenvalue weighted by atomic mass is 16.5. The van der Waals surface area contributed by atoms with Crippen molar-refractivity contribution in [2.75, 3.05) is 26.2 Å². The van der Waals surface area contributed by atoms with Crippen LogP contribution in [0.15, 0.2) is 18.2 Å². The van der Waals surface area contributed by atoms with Crippen LogP contribution in [0.1, 0.15) is 37.8 Å². The molecule has 1 aromatic carbocycles. The largest absolute Gasteiger partial charge is 0.490 e. The van der Waals surface area contributed by atoms with Gasteiger partial charge in [0.1, 0.15) is 18.5 Å². The van der Waals surface area contributed by atoms with Crippen molar-refractivity contribution in [3.8, 4) is 5.75 Å². The molecule has 1 unspecified atom stereocenters. The Morgan fingerprint density at radius 3 is 2.44 bits per heavy atom. The SMILES string of the molecule is Cc1cccc(C)c1OCC(O)CN1CCC(C(=O)NC(C)C)CC1. The molecule has 1 aromatic rings. The minimum Gasteiger partial charge on any atom is -0.490 e. The van der Waals surface area contributed by atoms with E-state index in [1.807, 2.05) is 45.9 Å². The number of β-amino-alcohol motifs (C(OH)–C–C–N with tert-alkyl or cyclic N) is 1. The van der Waals surface area contributed by atoms with Crippen molar-refractivity contribution >= 4 is 5.91 Å². The monoisotopic (exact) mass is 348 g/mol. The van der Waals surface area contributed by atoms with Crippen LogP contribution in [0, 0.1) is 19.8 Å². The molecule has 1 aliphatic rings. The first kappa shape index (κ1) is 19.7. The van der Waals surface area contributed by atoms with Gasteiger partial charge in [-0.2, -0.15) is 0 Å². The van der Waals surface area contributed by atoms with Crippen LogP contribution in [-0.4, -0.2) is 54.3 Å².